The van der Waals surface area contributed by atoms with E-state index in [2.05, 4.69) is 28.1 Å². The third-order valence-corrected chi connectivity index (χ3v) is 7.07. The second kappa shape index (κ2) is 6.56. The van der Waals surface area contributed by atoms with Gasteiger partial charge < -0.3 is 9.88 Å². The summed E-state index contributed by atoms with van der Waals surface area (Å²) in [5.74, 6) is -0.311. The first-order chi connectivity index (χ1) is 14.3. The monoisotopic (exact) mass is 405 g/mol. The van der Waals surface area contributed by atoms with Gasteiger partial charge in [0, 0.05) is 22.6 Å². The number of Topliss-reactive ketones (excluding diaryl/α,β-unsaturated/α-hetero) is 1. The van der Waals surface area contributed by atoms with E-state index >= 15 is 0 Å². The summed E-state index contributed by atoms with van der Waals surface area (Å²) >= 11 is 0. The number of amides is 3. The molecule has 1 N–H and O–H groups in total. The van der Waals surface area contributed by atoms with Crippen LogP contribution in [0.5, 0.6) is 0 Å². The maximum absolute atomic E-state index is 13.1. The normalized spacial score (nSPS) is 23.1. The highest BCUT2D eigenvalue weighted by atomic mass is 16.2. The van der Waals surface area contributed by atoms with Gasteiger partial charge in [0.05, 0.1) is 6.54 Å². The largest absolute Gasteiger partial charge is 0.325 e. The second-order valence-corrected chi connectivity index (χ2v) is 9.15. The van der Waals surface area contributed by atoms with Crippen molar-refractivity contribution in [3.63, 3.8) is 0 Å². The predicted octanol–water partition coefficient (Wildman–Crippen LogP) is 3.49. The minimum atomic E-state index is -0.862. The fraction of sp³-hybridized carbons (Fsp3) is 0.458. The molecule has 3 amide bonds. The fourth-order valence-electron chi connectivity index (χ4n) is 5.17. The Kier molecular flexibility index (Phi) is 4.17. The molecule has 3 aliphatic rings. The number of hydrogen-bond donors (Lipinski definition) is 1. The quantitative estimate of drug-likeness (QED) is 0.611. The van der Waals surface area contributed by atoms with Crippen LogP contribution in [0.4, 0.5) is 4.79 Å². The zero-order valence-electron chi connectivity index (χ0n) is 17.7. The first-order valence-electron chi connectivity index (χ1n) is 10.8. The highest BCUT2D eigenvalue weighted by molar-refractivity contribution is 6.11. The molecule has 1 saturated carbocycles. The molecular weight excluding hydrogens is 378 g/mol. The van der Waals surface area contributed by atoms with Crippen molar-refractivity contribution in [2.24, 2.45) is 5.92 Å². The molecule has 2 heterocycles. The number of urea groups is 1. The molecule has 6 nitrogen and oxygen atoms in total. The molecule has 2 aliphatic carbocycles. The molecule has 30 heavy (non-hydrogen) atoms. The van der Waals surface area contributed by atoms with Crippen LogP contribution in [-0.4, -0.2) is 39.3 Å². The molecule has 1 saturated heterocycles. The van der Waals surface area contributed by atoms with Crippen LogP contribution in [0.25, 0.3) is 5.69 Å². The molecule has 1 aliphatic heterocycles. The van der Waals surface area contributed by atoms with Crippen molar-refractivity contribution in [3.05, 3.63) is 52.3 Å². The molecule has 0 bridgehead atoms. The Bertz CT molecular complexity index is 1100. The van der Waals surface area contributed by atoms with E-state index in [-0.39, 0.29) is 24.2 Å². The number of aromatic nitrogens is 1. The number of rotatable bonds is 5. The molecular formula is C24H27N3O3. The Labute approximate surface area is 176 Å². The lowest BCUT2D eigenvalue weighted by atomic mass is 9.96. The minimum absolute atomic E-state index is 0.180. The number of benzene rings is 1. The molecule has 1 atom stereocenters. The molecule has 156 valence electrons. The standard InChI is InChI=1S/C24H27N3O3/c1-14-11-20(15(2)27(14)19-10-7-16-5-4-6-17(16)12-19)21(28)13-26-22(29)24(3,18-8-9-18)25-23(26)30/h7,10-12,18H,4-6,8-9,13H2,1-3H3,(H,25,30). The van der Waals surface area contributed by atoms with Gasteiger partial charge in [-0.25, -0.2) is 4.79 Å². The molecule has 1 aromatic heterocycles. The van der Waals surface area contributed by atoms with Crippen molar-refractivity contribution in [2.75, 3.05) is 6.54 Å². The molecule has 2 aromatic rings. The zero-order chi connectivity index (χ0) is 21.2. The van der Waals surface area contributed by atoms with Gasteiger partial charge in [0.15, 0.2) is 5.78 Å². The fourth-order valence-corrected chi connectivity index (χ4v) is 5.17. The van der Waals surface area contributed by atoms with Gasteiger partial charge in [-0.1, -0.05) is 6.07 Å². The first kappa shape index (κ1) is 19.1. The van der Waals surface area contributed by atoms with Gasteiger partial charge >= 0.3 is 6.03 Å². The van der Waals surface area contributed by atoms with Crippen LogP contribution < -0.4 is 5.32 Å². The maximum Gasteiger partial charge on any atom is 0.325 e. The Morgan fingerprint density at radius 1 is 1.13 bits per heavy atom. The highest BCUT2D eigenvalue weighted by Crippen LogP contribution is 2.42. The van der Waals surface area contributed by atoms with Crippen molar-refractivity contribution in [1.29, 1.82) is 0 Å². The van der Waals surface area contributed by atoms with Crippen LogP contribution in [0.3, 0.4) is 0 Å². The lowest BCUT2D eigenvalue weighted by Crippen LogP contribution is -2.46. The second-order valence-electron chi connectivity index (χ2n) is 9.15. The summed E-state index contributed by atoms with van der Waals surface area (Å²) in [4.78, 5) is 39.5. The van der Waals surface area contributed by atoms with Gasteiger partial charge in [0.2, 0.25) is 0 Å². The average molecular weight is 405 g/mol. The van der Waals surface area contributed by atoms with Crippen LogP contribution in [0, 0.1) is 19.8 Å². The van der Waals surface area contributed by atoms with Crippen molar-refractivity contribution >= 4 is 17.7 Å². The van der Waals surface area contributed by atoms with E-state index in [1.807, 2.05) is 19.9 Å². The highest BCUT2D eigenvalue weighted by Gasteiger charge is 2.56. The van der Waals surface area contributed by atoms with Crippen LogP contribution in [0.15, 0.2) is 24.3 Å². The lowest BCUT2D eigenvalue weighted by Gasteiger charge is -2.20. The topological polar surface area (TPSA) is 71.4 Å². The number of carbonyl (C=O) groups excluding carboxylic acids is 3. The average Bonchev–Trinajstić information content (AvgIpc) is 3.34. The molecule has 2 fully saturated rings. The molecule has 1 aromatic carbocycles. The number of carbonyl (C=O) groups is 3. The summed E-state index contributed by atoms with van der Waals surface area (Å²) in [6.07, 6.45) is 5.30. The number of fused-ring (bicyclic) bond motifs is 1. The van der Waals surface area contributed by atoms with Crippen LogP contribution >= 0.6 is 0 Å². The van der Waals surface area contributed by atoms with Crippen molar-refractivity contribution in [1.82, 2.24) is 14.8 Å². The van der Waals surface area contributed by atoms with Crippen molar-refractivity contribution in [3.8, 4) is 5.69 Å². The van der Waals surface area contributed by atoms with Gasteiger partial charge in [0.1, 0.15) is 5.54 Å². The summed E-state index contributed by atoms with van der Waals surface area (Å²) in [6.45, 7) is 5.46. The van der Waals surface area contributed by atoms with Gasteiger partial charge in [0.25, 0.3) is 5.91 Å². The number of hydrogen-bond acceptors (Lipinski definition) is 3. The van der Waals surface area contributed by atoms with Gasteiger partial charge in [-0.2, -0.15) is 0 Å². The smallest absolute Gasteiger partial charge is 0.323 e. The van der Waals surface area contributed by atoms with Crippen LogP contribution in [0.2, 0.25) is 0 Å². The van der Waals surface area contributed by atoms with E-state index < -0.39 is 11.6 Å². The van der Waals surface area contributed by atoms with E-state index in [0.717, 1.165) is 47.7 Å². The van der Waals surface area contributed by atoms with E-state index in [9.17, 15) is 14.4 Å². The molecule has 1 unspecified atom stereocenters. The molecule has 5 rings (SSSR count). The summed E-state index contributed by atoms with van der Waals surface area (Å²) < 4.78 is 2.09. The van der Waals surface area contributed by atoms with Gasteiger partial charge in [-0.05, 0) is 88.1 Å². The summed E-state index contributed by atoms with van der Waals surface area (Å²) in [5.41, 5.74) is 5.36. The number of ketones is 1. The summed E-state index contributed by atoms with van der Waals surface area (Å²) in [7, 11) is 0. The Hall–Kier alpha value is -2.89. The van der Waals surface area contributed by atoms with Crippen molar-refractivity contribution in [2.45, 2.75) is 58.4 Å². The Morgan fingerprint density at radius 3 is 2.60 bits per heavy atom. The minimum Gasteiger partial charge on any atom is -0.323 e. The number of aryl methyl sites for hydroxylation is 3. The van der Waals surface area contributed by atoms with Crippen LogP contribution in [0.1, 0.15) is 59.1 Å². The summed E-state index contributed by atoms with van der Waals surface area (Å²) in [6, 6.07) is 7.91. The lowest BCUT2D eigenvalue weighted by molar-refractivity contribution is -0.131. The Morgan fingerprint density at radius 2 is 1.87 bits per heavy atom. The number of imide groups is 1. The number of nitrogens with zero attached hydrogens (tertiary/aromatic N) is 2. The first-order valence-corrected chi connectivity index (χ1v) is 10.8. The number of nitrogens with one attached hydrogen (secondary N) is 1. The predicted molar refractivity (Wildman–Crippen MR) is 113 cm³/mol. The summed E-state index contributed by atoms with van der Waals surface area (Å²) in [5, 5.41) is 2.81. The van der Waals surface area contributed by atoms with E-state index in [1.165, 1.54) is 17.5 Å². The maximum atomic E-state index is 13.1. The van der Waals surface area contributed by atoms with Crippen molar-refractivity contribution < 1.29 is 14.4 Å². The van der Waals surface area contributed by atoms with E-state index in [0.29, 0.717) is 5.56 Å². The third-order valence-electron chi connectivity index (χ3n) is 7.07. The molecule has 6 heteroatoms. The SMILES string of the molecule is Cc1cc(C(=O)CN2C(=O)NC(C)(C3CC3)C2=O)c(C)n1-c1ccc2c(c1)CCC2. The van der Waals surface area contributed by atoms with Crippen LogP contribution in [-0.2, 0) is 17.6 Å². The Balaban J connectivity index is 1.41. The third kappa shape index (κ3) is 2.81. The van der Waals surface area contributed by atoms with E-state index in [4.69, 9.17) is 0 Å². The van der Waals surface area contributed by atoms with E-state index in [1.54, 1.807) is 6.92 Å². The molecule has 0 spiro atoms. The van der Waals surface area contributed by atoms with Gasteiger partial charge in [-0.3, -0.25) is 14.5 Å². The zero-order valence-corrected chi connectivity index (χ0v) is 17.7. The molecule has 0 radical (unpaired) electrons. The van der Waals surface area contributed by atoms with Gasteiger partial charge in [-0.15, -0.1) is 0 Å².